The molecule has 0 aliphatic rings. The molecule has 0 heterocycles. The van der Waals surface area contributed by atoms with Gasteiger partial charge < -0.3 is 10.4 Å². The van der Waals surface area contributed by atoms with Crippen molar-refractivity contribution in [2.45, 2.75) is 19.4 Å². The number of nitrogens with one attached hydrogen (secondary N) is 1. The summed E-state index contributed by atoms with van der Waals surface area (Å²) in [4.78, 5) is 11.7. The van der Waals surface area contributed by atoms with Gasteiger partial charge in [0.2, 0.25) is 5.91 Å². The zero-order chi connectivity index (χ0) is 12.7. The lowest BCUT2D eigenvalue weighted by atomic mass is 10.0. The standard InChI is InChI=1S/C13H16N2O2/c1-2-10(8-14)13(17)15-12(9-16)11-6-4-3-5-7-11/h3-7,10,12,16H,2,9H2,1H3,(H,15,17). The summed E-state index contributed by atoms with van der Waals surface area (Å²) in [6.45, 7) is 1.60. The van der Waals surface area contributed by atoms with E-state index in [0.29, 0.717) is 6.42 Å². The van der Waals surface area contributed by atoms with Crippen LogP contribution in [0, 0.1) is 17.2 Å². The first kappa shape index (κ1) is 13.2. The molecule has 4 heteroatoms. The molecule has 0 fully saturated rings. The van der Waals surface area contributed by atoms with E-state index in [-0.39, 0.29) is 12.5 Å². The summed E-state index contributed by atoms with van der Waals surface area (Å²) in [5.74, 6) is -0.995. The van der Waals surface area contributed by atoms with Crippen LogP contribution >= 0.6 is 0 Å². The van der Waals surface area contributed by atoms with Crippen LogP contribution in [0.3, 0.4) is 0 Å². The van der Waals surface area contributed by atoms with E-state index in [0.717, 1.165) is 5.56 Å². The third-order valence-corrected chi connectivity index (χ3v) is 2.58. The number of nitriles is 1. The van der Waals surface area contributed by atoms with Crippen molar-refractivity contribution >= 4 is 5.91 Å². The molecule has 2 N–H and O–H groups in total. The maximum Gasteiger partial charge on any atom is 0.237 e. The smallest absolute Gasteiger partial charge is 0.237 e. The number of hydrogen-bond acceptors (Lipinski definition) is 3. The minimum absolute atomic E-state index is 0.183. The Bertz CT molecular complexity index is 398. The van der Waals surface area contributed by atoms with Gasteiger partial charge in [0, 0.05) is 0 Å². The van der Waals surface area contributed by atoms with Crippen LogP contribution in [-0.4, -0.2) is 17.6 Å². The van der Waals surface area contributed by atoms with Crippen LogP contribution in [-0.2, 0) is 4.79 Å². The van der Waals surface area contributed by atoms with Gasteiger partial charge in [-0.1, -0.05) is 37.3 Å². The molecule has 0 radical (unpaired) electrons. The van der Waals surface area contributed by atoms with Gasteiger partial charge in [0.05, 0.1) is 18.7 Å². The Morgan fingerprint density at radius 3 is 2.59 bits per heavy atom. The van der Waals surface area contributed by atoms with Crippen LogP contribution < -0.4 is 5.32 Å². The number of benzene rings is 1. The van der Waals surface area contributed by atoms with E-state index in [4.69, 9.17) is 5.26 Å². The molecule has 0 bridgehead atoms. The van der Waals surface area contributed by atoms with E-state index in [1.54, 1.807) is 6.92 Å². The fourth-order valence-electron chi connectivity index (χ4n) is 1.53. The lowest BCUT2D eigenvalue weighted by molar-refractivity contribution is -0.124. The van der Waals surface area contributed by atoms with Gasteiger partial charge in [-0.25, -0.2) is 0 Å². The molecule has 1 aromatic rings. The van der Waals surface area contributed by atoms with Crippen molar-refractivity contribution in [3.05, 3.63) is 35.9 Å². The number of hydrogen-bond donors (Lipinski definition) is 2. The quantitative estimate of drug-likeness (QED) is 0.805. The number of carbonyl (C=O) groups is 1. The van der Waals surface area contributed by atoms with Crippen LogP contribution in [0.5, 0.6) is 0 Å². The van der Waals surface area contributed by atoms with E-state index in [1.165, 1.54) is 0 Å². The predicted octanol–water partition coefficient (Wildman–Crippen LogP) is 1.39. The number of carbonyl (C=O) groups excluding carboxylic acids is 1. The number of aliphatic hydroxyl groups excluding tert-OH is 1. The maximum absolute atomic E-state index is 11.7. The van der Waals surface area contributed by atoms with Gasteiger partial charge in [0.15, 0.2) is 0 Å². The summed E-state index contributed by atoms with van der Waals surface area (Å²) in [5, 5.41) is 20.7. The van der Waals surface area contributed by atoms with Gasteiger partial charge in [-0.3, -0.25) is 4.79 Å². The molecule has 0 aliphatic heterocycles. The molecule has 1 amide bonds. The lowest BCUT2D eigenvalue weighted by Crippen LogP contribution is -2.35. The topological polar surface area (TPSA) is 73.1 Å². The number of rotatable bonds is 5. The van der Waals surface area contributed by atoms with Gasteiger partial charge in [-0.05, 0) is 12.0 Å². The molecule has 0 aromatic heterocycles. The number of amides is 1. The Balaban J connectivity index is 2.72. The Kier molecular flexibility index (Phi) is 5.18. The van der Waals surface area contributed by atoms with Gasteiger partial charge in [0.25, 0.3) is 0 Å². The number of aliphatic hydroxyl groups is 1. The zero-order valence-electron chi connectivity index (χ0n) is 9.76. The normalized spacial score (nSPS) is 13.5. The van der Waals surface area contributed by atoms with Crippen molar-refractivity contribution in [3.8, 4) is 6.07 Å². The summed E-state index contributed by atoms with van der Waals surface area (Å²) >= 11 is 0. The summed E-state index contributed by atoms with van der Waals surface area (Å²) < 4.78 is 0. The fourth-order valence-corrected chi connectivity index (χ4v) is 1.53. The summed E-state index contributed by atoms with van der Waals surface area (Å²) in [6.07, 6.45) is 0.468. The largest absolute Gasteiger partial charge is 0.394 e. The van der Waals surface area contributed by atoms with Crippen molar-refractivity contribution in [1.82, 2.24) is 5.32 Å². The van der Waals surface area contributed by atoms with Crippen LogP contribution in [0.25, 0.3) is 0 Å². The van der Waals surface area contributed by atoms with Gasteiger partial charge in [0.1, 0.15) is 5.92 Å². The van der Waals surface area contributed by atoms with Crippen molar-refractivity contribution in [2.24, 2.45) is 5.92 Å². The molecule has 0 spiro atoms. The highest BCUT2D eigenvalue weighted by atomic mass is 16.3. The van der Waals surface area contributed by atoms with Crippen LogP contribution in [0.15, 0.2) is 30.3 Å². The Hall–Kier alpha value is -1.86. The van der Waals surface area contributed by atoms with E-state index in [2.05, 4.69) is 5.32 Å². The first-order valence-electron chi connectivity index (χ1n) is 5.58. The highest BCUT2D eigenvalue weighted by Gasteiger charge is 2.19. The first-order chi connectivity index (χ1) is 8.22. The molecule has 2 unspecified atom stereocenters. The average Bonchev–Trinajstić information content (AvgIpc) is 2.38. The van der Waals surface area contributed by atoms with Crippen LogP contribution in [0.2, 0.25) is 0 Å². The number of nitrogens with zero attached hydrogens (tertiary/aromatic N) is 1. The Morgan fingerprint density at radius 2 is 2.12 bits per heavy atom. The molecule has 1 rings (SSSR count). The minimum atomic E-state index is -0.659. The maximum atomic E-state index is 11.7. The van der Waals surface area contributed by atoms with Gasteiger partial charge in [-0.2, -0.15) is 5.26 Å². The second-order valence-electron chi connectivity index (χ2n) is 3.74. The fraction of sp³-hybridized carbons (Fsp3) is 0.385. The summed E-state index contributed by atoms with van der Waals surface area (Å²) in [7, 11) is 0. The predicted molar refractivity (Wildman–Crippen MR) is 63.8 cm³/mol. The highest BCUT2D eigenvalue weighted by molar-refractivity contribution is 5.81. The van der Waals surface area contributed by atoms with Crippen LogP contribution in [0.1, 0.15) is 24.9 Å². The SMILES string of the molecule is CCC(C#N)C(=O)NC(CO)c1ccccc1. The molecule has 0 saturated heterocycles. The first-order valence-corrected chi connectivity index (χ1v) is 5.58. The highest BCUT2D eigenvalue weighted by Crippen LogP contribution is 2.13. The van der Waals surface area contributed by atoms with E-state index >= 15 is 0 Å². The molecule has 17 heavy (non-hydrogen) atoms. The minimum Gasteiger partial charge on any atom is -0.394 e. The average molecular weight is 232 g/mol. The molecular formula is C13H16N2O2. The molecule has 2 atom stereocenters. The molecule has 90 valence electrons. The zero-order valence-corrected chi connectivity index (χ0v) is 9.76. The monoisotopic (exact) mass is 232 g/mol. The van der Waals surface area contributed by atoms with Crippen LogP contribution in [0.4, 0.5) is 0 Å². The van der Waals surface area contributed by atoms with Crippen molar-refractivity contribution in [3.63, 3.8) is 0 Å². The van der Waals surface area contributed by atoms with E-state index in [1.807, 2.05) is 36.4 Å². The second kappa shape index (κ2) is 6.66. The molecule has 4 nitrogen and oxygen atoms in total. The van der Waals surface area contributed by atoms with E-state index in [9.17, 15) is 9.90 Å². The summed E-state index contributed by atoms with van der Waals surface area (Å²) in [6, 6.07) is 10.7. The molecule has 0 aliphatic carbocycles. The second-order valence-corrected chi connectivity index (χ2v) is 3.74. The van der Waals surface area contributed by atoms with Crippen molar-refractivity contribution in [1.29, 1.82) is 5.26 Å². The van der Waals surface area contributed by atoms with Gasteiger partial charge >= 0.3 is 0 Å². The van der Waals surface area contributed by atoms with Gasteiger partial charge in [-0.15, -0.1) is 0 Å². The Labute approximate surface area is 101 Å². The molecule has 0 saturated carbocycles. The van der Waals surface area contributed by atoms with Crippen molar-refractivity contribution in [2.75, 3.05) is 6.61 Å². The van der Waals surface area contributed by atoms with E-state index < -0.39 is 12.0 Å². The Morgan fingerprint density at radius 1 is 1.47 bits per heavy atom. The molecular weight excluding hydrogens is 216 g/mol. The lowest BCUT2D eigenvalue weighted by Gasteiger charge is -2.18. The third-order valence-electron chi connectivity index (χ3n) is 2.58. The molecule has 1 aromatic carbocycles. The van der Waals surface area contributed by atoms with Crippen molar-refractivity contribution < 1.29 is 9.90 Å². The summed E-state index contributed by atoms with van der Waals surface area (Å²) in [5.41, 5.74) is 0.830. The third kappa shape index (κ3) is 3.58.